The van der Waals surface area contributed by atoms with E-state index in [1.54, 1.807) is 0 Å². The Labute approximate surface area is 152 Å². The van der Waals surface area contributed by atoms with Gasteiger partial charge in [-0.15, -0.1) is 0 Å². The Hall–Kier alpha value is -1.62. The minimum absolute atomic E-state index is 0. The number of carboxylic acid groups (broad SMARTS) is 1. The number of aliphatic carboxylic acids is 1. The van der Waals surface area contributed by atoms with Crippen molar-refractivity contribution in [2.75, 3.05) is 6.61 Å². The molecule has 10 atom stereocenters. The first-order valence-corrected chi connectivity index (χ1v) is 9.17. The lowest BCUT2D eigenvalue weighted by molar-refractivity contribution is -0.152. The third kappa shape index (κ3) is 2.55. The van der Waals surface area contributed by atoms with E-state index in [1.165, 1.54) is 0 Å². The standard InChI is InChI=1S/C19H24O6.H2O/c1-4-7-23-19(22)12-10(5-6-11(20)21)17-13-14(18(12)25-17)16-9(3)8(2)15(13)24-16;/h8-10,12-18H,4,7H2,1-3H3,(H,20,21);1H2. The molecule has 4 saturated heterocycles. The average Bonchev–Trinajstić information content (AvgIpc) is 3.29. The Morgan fingerprint density at radius 2 is 1.62 bits per heavy atom. The number of rotatable bonds is 3. The van der Waals surface area contributed by atoms with Gasteiger partial charge in [-0.2, -0.15) is 0 Å². The van der Waals surface area contributed by atoms with Crippen LogP contribution in [-0.4, -0.2) is 53.5 Å². The Bertz CT molecular complexity index is 650. The van der Waals surface area contributed by atoms with E-state index in [1.807, 2.05) is 6.92 Å². The second-order valence-electron chi connectivity index (χ2n) is 7.80. The van der Waals surface area contributed by atoms with Gasteiger partial charge in [0.2, 0.25) is 0 Å². The van der Waals surface area contributed by atoms with Gasteiger partial charge in [0.05, 0.1) is 42.9 Å². The van der Waals surface area contributed by atoms with Crippen LogP contribution in [0.5, 0.6) is 0 Å². The molecule has 4 aliphatic rings. The molecule has 0 radical (unpaired) electrons. The molecule has 4 aliphatic heterocycles. The highest BCUT2D eigenvalue weighted by molar-refractivity contribution is 5.86. The predicted molar refractivity (Wildman–Crippen MR) is 89.9 cm³/mol. The highest BCUT2D eigenvalue weighted by Gasteiger charge is 2.72. The molecule has 0 saturated carbocycles. The van der Waals surface area contributed by atoms with Crippen LogP contribution in [0, 0.1) is 47.3 Å². The highest BCUT2D eigenvalue weighted by atomic mass is 16.6. The molecule has 7 heteroatoms. The molecule has 0 aliphatic carbocycles. The maximum atomic E-state index is 12.6. The van der Waals surface area contributed by atoms with Crippen LogP contribution in [0.3, 0.4) is 0 Å². The van der Waals surface area contributed by atoms with Crippen LogP contribution in [0.2, 0.25) is 0 Å². The van der Waals surface area contributed by atoms with Gasteiger partial charge in [-0.25, -0.2) is 4.79 Å². The first kappa shape index (κ1) is 19.2. The third-order valence-corrected chi connectivity index (χ3v) is 6.62. The van der Waals surface area contributed by atoms with Gasteiger partial charge in [0.1, 0.15) is 0 Å². The van der Waals surface area contributed by atoms with Gasteiger partial charge in [0.25, 0.3) is 0 Å². The van der Waals surface area contributed by atoms with E-state index in [0.29, 0.717) is 18.4 Å². The summed E-state index contributed by atoms with van der Waals surface area (Å²) in [7, 11) is 0. The molecule has 0 spiro atoms. The molecule has 0 amide bonds. The molecule has 4 heterocycles. The van der Waals surface area contributed by atoms with E-state index >= 15 is 0 Å². The van der Waals surface area contributed by atoms with E-state index in [0.717, 1.165) is 6.42 Å². The maximum Gasteiger partial charge on any atom is 0.381 e. The highest BCUT2D eigenvalue weighted by Crippen LogP contribution is 2.63. The Morgan fingerprint density at radius 1 is 1.04 bits per heavy atom. The van der Waals surface area contributed by atoms with Gasteiger partial charge in [-0.1, -0.05) is 26.7 Å². The Kier molecular flexibility index (Phi) is 5.04. The number of carbonyl (C=O) groups is 2. The summed E-state index contributed by atoms with van der Waals surface area (Å²) in [4.78, 5) is 23.5. The fourth-order valence-electron chi connectivity index (χ4n) is 5.48. The van der Waals surface area contributed by atoms with Gasteiger partial charge in [-0.3, -0.25) is 4.79 Å². The largest absolute Gasteiger partial charge is 0.472 e. The molecule has 0 aromatic heterocycles. The van der Waals surface area contributed by atoms with Gasteiger partial charge in [0.15, 0.2) is 0 Å². The summed E-state index contributed by atoms with van der Waals surface area (Å²) in [5.74, 6) is 3.78. The summed E-state index contributed by atoms with van der Waals surface area (Å²) in [6.45, 7) is 6.69. The summed E-state index contributed by atoms with van der Waals surface area (Å²) in [6.07, 6.45) is 0.438. The molecule has 4 bridgehead atoms. The van der Waals surface area contributed by atoms with Gasteiger partial charge < -0.3 is 24.8 Å². The zero-order valence-corrected chi connectivity index (χ0v) is 15.2. The number of carboxylic acids is 1. The van der Waals surface area contributed by atoms with E-state index in [4.69, 9.17) is 19.3 Å². The fraction of sp³-hybridized carbons (Fsp3) is 0.789. The second-order valence-corrected chi connectivity index (χ2v) is 7.80. The quantitative estimate of drug-likeness (QED) is 0.575. The molecule has 26 heavy (non-hydrogen) atoms. The molecule has 7 nitrogen and oxygen atoms in total. The second kappa shape index (κ2) is 6.84. The van der Waals surface area contributed by atoms with Crippen molar-refractivity contribution < 1.29 is 34.4 Å². The number of ether oxygens (including phenoxy) is 3. The zero-order chi connectivity index (χ0) is 17.9. The number of hydrogen-bond donors (Lipinski definition) is 1. The van der Waals surface area contributed by atoms with Crippen molar-refractivity contribution in [3.8, 4) is 11.8 Å². The van der Waals surface area contributed by atoms with E-state index < -0.39 is 17.8 Å². The first-order chi connectivity index (χ1) is 12.0. The molecule has 0 aromatic carbocycles. The molecule has 4 fully saturated rings. The van der Waals surface area contributed by atoms with E-state index in [2.05, 4.69) is 25.7 Å². The van der Waals surface area contributed by atoms with Crippen LogP contribution in [0.1, 0.15) is 27.2 Å². The molecule has 144 valence electrons. The first-order valence-electron chi connectivity index (χ1n) is 9.17. The SMILES string of the molecule is CCCOC(=O)C1C(C#CC(=O)O)C2OC1C1C3OC(C(C)C3C)C21.O. The summed E-state index contributed by atoms with van der Waals surface area (Å²) >= 11 is 0. The van der Waals surface area contributed by atoms with Gasteiger partial charge >= 0.3 is 11.9 Å². The normalized spacial score (nSPS) is 46.9. The molecular formula is C19H26O7. The van der Waals surface area contributed by atoms with Crippen molar-refractivity contribution in [1.29, 1.82) is 0 Å². The summed E-state index contributed by atoms with van der Waals surface area (Å²) in [5, 5.41) is 8.92. The summed E-state index contributed by atoms with van der Waals surface area (Å²) in [5.41, 5.74) is 0. The smallest absolute Gasteiger partial charge is 0.381 e. The molecular weight excluding hydrogens is 340 g/mol. The van der Waals surface area contributed by atoms with Crippen LogP contribution in [-0.2, 0) is 23.8 Å². The van der Waals surface area contributed by atoms with Crippen molar-refractivity contribution in [2.24, 2.45) is 35.5 Å². The Balaban J connectivity index is 0.00000196. The van der Waals surface area contributed by atoms with Crippen molar-refractivity contribution in [1.82, 2.24) is 0 Å². The topological polar surface area (TPSA) is 114 Å². The molecule has 3 N–H and O–H groups in total. The monoisotopic (exact) mass is 366 g/mol. The number of carbonyl (C=O) groups excluding carboxylic acids is 1. The number of esters is 1. The molecule has 10 unspecified atom stereocenters. The lowest BCUT2D eigenvalue weighted by Crippen LogP contribution is -2.51. The lowest BCUT2D eigenvalue weighted by atomic mass is 9.59. The van der Waals surface area contributed by atoms with E-state index in [9.17, 15) is 9.59 Å². The number of hydrogen-bond acceptors (Lipinski definition) is 5. The van der Waals surface area contributed by atoms with Crippen molar-refractivity contribution in [3.63, 3.8) is 0 Å². The fourth-order valence-corrected chi connectivity index (χ4v) is 5.48. The van der Waals surface area contributed by atoms with Crippen molar-refractivity contribution >= 4 is 11.9 Å². The lowest BCUT2D eigenvalue weighted by Gasteiger charge is -2.39. The average molecular weight is 366 g/mol. The van der Waals surface area contributed by atoms with Crippen LogP contribution >= 0.6 is 0 Å². The zero-order valence-electron chi connectivity index (χ0n) is 15.2. The third-order valence-electron chi connectivity index (χ3n) is 6.62. The van der Waals surface area contributed by atoms with E-state index in [-0.39, 0.29) is 47.7 Å². The Morgan fingerprint density at radius 3 is 2.19 bits per heavy atom. The van der Waals surface area contributed by atoms with Crippen LogP contribution in [0.15, 0.2) is 0 Å². The van der Waals surface area contributed by atoms with Crippen LogP contribution in [0.25, 0.3) is 0 Å². The maximum absolute atomic E-state index is 12.6. The van der Waals surface area contributed by atoms with Gasteiger partial charge in [0, 0.05) is 17.8 Å². The predicted octanol–water partition coefficient (Wildman–Crippen LogP) is 0.502. The molecule has 0 aromatic rings. The minimum Gasteiger partial charge on any atom is -0.472 e. The van der Waals surface area contributed by atoms with Crippen molar-refractivity contribution in [2.45, 2.75) is 51.6 Å². The minimum atomic E-state index is -1.19. The molecule has 4 rings (SSSR count). The van der Waals surface area contributed by atoms with Crippen molar-refractivity contribution in [3.05, 3.63) is 0 Å². The number of fused-ring (bicyclic) bond motifs is 9. The summed E-state index contributed by atoms with van der Waals surface area (Å²) in [6, 6.07) is 0. The van der Waals surface area contributed by atoms with Gasteiger partial charge in [-0.05, 0) is 18.3 Å². The van der Waals surface area contributed by atoms with Crippen LogP contribution < -0.4 is 0 Å². The summed E-state index contributed by atoms with van der Waals surface area (Å²) < 4.78 is 17.8. The van der Waals surface area contributed by atoms with Crippen LogP contribution in [0.4, 0.5) is 0 Å².